The summed E-state index contributed by atoms with van der Waals surface area (Å²) in [4.78, 5) is 30.0. The van der Waals surface area contributed by atoms with Gasteiger partial charge in [-0.2, -0.15) is 0 Å². The summed E-state index contributed by atoms with van der Waals surface area (Å²) in [7, 11) is 0. The zero-order valence-corrected chi connectivity index (χ0v) is 10.6. The van der Waals surface area contributed by atoms with Gasteiger partial charge in [0.2, 0.25) is 0 Å². The molecule has 0 bridgehead atoms. The Kier molecular flexibility index (Phi) is 6.03. The van der Waals surface area contributed by atoms with Crippen LogP contribution >= 0.6 is 11.3 Å². The van der Waals surface area contributed by atoms with Crippen LogP contribution in [0.15, 0.2) is 23.2 Å². The van der Waals surface area contributed by atoms with E-state index in [9.17, 15) is 9.59 Å². The highest BCUT2D eigenvalue weighted by molar-refractivity contribution is 7.13. The van der Waals surface area contributed by atoms with Crippen molar-refractivity contribution in [1.29, 1.82) is 0 Å². The van der Waals surface area contributed by atoms with Crippen LogP contribution in [0.5, 0.6) is 0 Å². The van der Waals surface area contributed by atoms with Crippen molar-refractivity contribution >= 4 is 34.7 Å². The number of carboxylic acids is 1. The quantitative estimate of drug-likeness (QED) is 0.446. The van der Waals surface area contributed by atoms with Crippen LogP contribution in [0.25, 0.3) is 0 Å². The molecule has 19 heavy (non-hydrogen) atoms. The minimum atomic E-state index is -1.20. The van der Waals surface area contributed by atoms with E-state index in [1.54, 1.807) is 5.38 Å². The molecule has 0 saturated heterocycles. The molecule has 1 rings (SSSR count). The smallest absolute Gasteiger partial charge is 0.413 e. The molecule has 8 nitrogen and oxygen atoms in total. The minimum Gasteiger partial charge on any atom is -0.477 e. The molecule has 0 saturated carbocycles. The number of carbonyl (C=O) groups is 2. The molecule has 0 atom stereocenters. The summed E-state index contributed by atoms with van der Waals surface area (Å²) < 4.78 is 4.71. The Bertz CT molecular complexity index is 485. The predicted octanol–water partition coefficient (Wildman–Crippen LogP) is 1.46. The number of aliphatic carboxylic acids is 1. The second-order valence-corrected chi connectivity index (χ2v) is 3.86. The molecule has 1 heterocycles. The third-order valence-corrected chi connectivity index (χ3v) is 2.35. The van der Waals surface area contributed by atoms with Gasteiger partial charge in [0.1, 0.15) is 6.61 Å². The van der Waals surface area contributed by atoms with E-state index >= 15 is 0 Å². The molecule has 2 N–H and O–H groups in total. The molecule has 0 unspecified atom stereocenters. The molecule has 0 fully saturated rings. The van der Waals surface area contributed by atoms with Crippen molar-refractivity contribution in [3.05, 3.63) is 23.7 Å². The standard InChI is InChI=1S/C10H11N3O5S/c1-2-3-17-10(16)13-9-12-7(6-19-9)5-18-11-4-8(14)15/h2,4,6H,1,3,5H2,(H,14,15)(H,12,13,16). The Hall–Kier alpha value is -2.42. The Morgan fingerprint density at radius 3 is 3.11 bits per heavy atom. The van der Waals surface area contributed by atoms with Crippen molar-refractivity contribution in [2.24, 2.45) is 5.16 Å². The van der Waals surface area contributed by atoms with E-state index in [1.807, 2.05) is 0 Å². The lowest BCUT2D eigenvalue weighted by molar-refractivity contribution is -0.129. The fourth-order valence-electron chi connectivity index (χ4n) is 0.874. The molecule has 1 aromatic heterocycles. The molecule has 0 aliphatic heterocycles. The summed E-state index contributed by atoms with van der Waals surface area (Å²) in [5, 5.41) is 15.9. The first-order valence-electron chi connectivity index (χ1n) is 4.99. The van der Waals surface area contributed by atoms with Crippen LogP contribution in [0, 0.1) is 0 Å². The molecule has 1 amide bonds. The highest BCUT2D eigenvalue weighted by atomic mass is 32.1. The molecule has 9 heteroatoms. The summed E-state index contributed by atoms with van der Waals surface area (Å²) in [6, 6.07) is 0. The fraction of sp³-hybridized carbons (Fsp3) is 0.200. The maximum Gasteiger partial charge on any atom is 0.413 e. The number of carboxylic acid groups (broad SMARTS) is 1. The van der Waals surface area contributed by atoms with Crippen molar-refractivity contribution in [2.45, 2.75) is 6.61 Å². The van der Waals surface area contributed by atoms with Gasteiger partial charge in [0.05, 0.1) is 5.69 Å². The van der Waals surface area contributed by atoms with E-state index in [1.165, 1.54) is 17.4 Å². The number of nitrogens with zero attached hydrogens (tertiary/aromatic N) is 2. The van der Waals surface area contributed by atoms with Crippen LogP contribution in [-0.4, -0.2) is 35.0 Å². The minimum absolute atomic E-state index is 0.00364. The monoisotopic (exact) mass is 285 g/mol. The van der Waals surface area contributed by atoms with Crippen molar-refractivity contribution < 1.29 is 24.3 Å². The number of hydrogen-bond acceptors (Lipinski definition) is 7. The van der Waals surface area contributed by atoms with Gasteiger partial charge in [0, 0.05) is 5.38 Å². The molecular weight excluding hydrogens is 274 g/mol. The lowest BCUT2D eigenvalue weighted by Crippen LogP contribution is -2.13. The topological polar surface area (TPSA) is 110 Å². The average Bonchev–Trinajstić information content (AvgIpc) is 2.79. The number of nitrogens with one attached hydrogen (secondary N) is 1. The number of oxime groups is 1. The van der Waals surface area contributed by atoms with Gasteiger partial charge in [0.15, 0.2) is 18.0 Å². The Balaban J connectivity index is 2.37. The van der Waals surface area contributed by atoms with Crippen LogP contribution in [0.4, 0.5) is 9.93 Å². The SMILES string of the molecule is C=CCOC(=O)Nc1nc(CON=CC(=O)O)cs1. The van der Waals surface area contributed by atoms with Crippen molar-refractivity contribution in [3.63, 3.8) is 0 Å². The van der Waals surface area contributed by atoms with Crippen molar-refractivity contribution in [2.75, 3.05) is 11.9 Å². The lowest BCUT2D eigenvalue weighted by atomic mass is 10.5. The van der Waals surface area contributed by atoms with Crippen LogP contribution in [0.2, 0.25) is 0 Å². The number of anilines is 1. The lowest BCUT2D eigenvalue weighted by Gasteiger charge is -2.00. The Labute approximate surface area is 112 Å². The summed E-state index contributed by atoms with van der Waals surface area (Å²) >= 11 is 1.18. The Morgan fingerprint density at radius 2 is 2.42 bits per heavy atom. The maximum absolute atomic E-state index is 11.2. The van der Waals surface area contributed by atoms with Gasteiger partial charge < -0.3 is 14.7 Å². The van der Waals surface area contributed by atoms with Crippen LogP contribution in [0.3, 0.4) is 0 Å². The maximum atomic E-state index is 11.2. The van der Waals surface area contributed by atoms with Crippen molar-refractivity contribution in [3.8, 4) is 0 Å². The summed E-state index contributed by atoms with van der Waals surface area (Å²) in [6.45, 7) is 3.52. The third kappa shape index (κ3) is 6.17. The van der Waals surface area contributed by atoms with E-state index in [4.69, 9.17) is 9.84 Å². The zero-order chi connectivity index (χ0) is 14.1. The first-order valence-corrected chi connectivity index (χ1v) is 5.87. The van der Waals surface area contributed by atoms with Crippen LogP contribution in [0.1, 0.15) is 5.69 Å². The number of amides is 1. The summed E-state index contributed by atoms with van der Waals surface area (Å²) in [5.74, 6) is -1.20. The van der Waals surface area contributed by atoms with E-state index in [-0.39, 0.29) is 13.2 Å². The van der Waals surface area contributed by atoms with E-state index < -0.39 is 12.1 Å². The number of hydrogen-bond donors (Lipinski definition) is 2. The molecule has 102 valence electrons. The highest BCUT2D eigenvalue weighted by Gasteiger charge is 2.07. The van der Waals surface area contributed by atoms with Crippen molar-refractivity contribution in [1.82, 2.24) is 4.98 Å². The van der Waals surface area contributed by atoms with Gasteiger partial charge in [-0.15, -0.1) is 11.3 Å². The molecular formula is C10H11N3O5S. The fourth-order valence-corrected chi connectivity index (χ4v) is 1.56. The second kappa shape index (κ2) is 7.82. The highest BCUT2D eigenvalue weighted by Crippen LogP contribution is 2.16. The third-order valence-electron chi connectivity index (χ3n) is 1.54. The first kappa shape index (κ1) is 14.6. The predicted molar refractivity (Wildman–Crippen MR) is 68.2 cm³/mol. The number of ether oxygens (including phenoxy) is 1. The number of thiazole rings is 1. The number of rotatable bonds is 7. The van der Waals surface area contributed by atoms with E-state index in [0.717, 1.165) is 0 Å². The van der Waals surface area contributed by atoms with Gasteiger partial charge in [-0.05, 0) is 0 Å². The largest absolute Gasteiger partial charge is 0.477 e. The molecule has 0 aromatic carbocycles. The molecule has 0 spiro atoms. The van der Waals surface area contributed by atoms with Crippen LogP contribution in [-0.2, 0) is 21.0 Å². The van der Waals surface area contributed by atoms with E-state index in [2.05, 4.69) is 26.9 Å². The van der Waals surface area contributed by atoms with E-state index in [0.29, 0.717) is 17.0 Å². The average molecular weight is 285 g/mol. The zero-order valence-electron chi connectivity index (χ0n) is 9.74. The van der Waals surface area contributed by atoms with Crippen LogP contribution < -0.4 is 5.32 Å². The van der Waals surface area contributed by atoms with Gasteiger partial charge in [0.25, 0.3) is 0 Å². The van der Waals surface area contributed by atoms with Gasteiger partial charge in [-0.25, -0.2) is 14.6 Å². The molecule has 1 aromatic rings. The number of aromatic nitrogens is 1. The Morgan fingerprint density at radius 1 is 1.63 bits per heavy atom. The normalized spacial score (nSPS) is 10.1. The molecule has 0 aliphatic rings. The van der Waals surface area contributed by atoms with Gasteiger partial charge in [-0.3, -0.25) is 5.32 Å². The number of carbonyl (C=O) groups excluding carboxylic acids is 1. The second-order valence-electron chi connectivity index (χ2n) is 3.00. The molecule has 0 aliphatic carbocycles. The first-order chi connectivity index (χ1) is 9.11. The summed E-state index contributed by atoms with van der Waals surface area (Å²) in [5.41, 5.74) is 0.506. The van der Waals surface area contributed by atoms with Gasteiger partial charge >= 0.3 is 12.1 Å². The summed E-state index contributed by atoms with van der Waals surface area (Å²) in [6.07, 6.45) is 1.44. The molecule has 0 radical (unpaired) electrons. The van der Waals surface area contributed by atoms with Gasteiger partial charge in [-0.1, -0.05) is 17.8 Å².